The van der Waals surface area contributed by atoms with Crippen LogP contribution in [-0.4, -0.2) is 48.2 Å². The fraction of sp³-hybridized carbons (Fsp3) is 0.435. The van der Waals surface area contributed by atoms with E-state index in [-0.39, 0.29) is 46.8 Å². The fourth-order valence-corrected chi connectivity index (χ4v) is 9.40. The van der Waals surface area contributed by atoms with Crippen LogP contribution in [0.1, 0.15) is 124 Å². The quantitative estimate of drug-likeness (QED) is 0.197. The van der Waals surface area contributed by atoms with Gasteiger partial charge in [-0.05, 0) is 112 Å². The van der Waals surface area contributed by atoms with E-state index in [4.69, 9.17) is 0 Å². The number of rotatable bonds is 8. The Morgan fingerprint density at radius 3 is 1.24 bits per heavy atom. The maximum atomic E-state index is 14.8. The Hall–Kier alpha value is -4.66. The Balaban J connectivity index is 1.33. The number of nitrogens with zero attached hydrogens (tertiary/aromatic N) is 2. The summed E-state index contributed by atoms with van der Waals surface area (Å²) in [7, 11) is 0. The molecule has 2 unspecified atom stereocenters. The van der Waals surface area contributed by atoms with Crippen molar-refractivity contribution in [1.82, 2.24) is 0 Å². The van der Waals surface area contributed by atoms with Gasteiger partial charge in [0.05, 0.1) is 0 Å². The molecule has 8 nitrogen and oxygen atoms in total. The van der Waals surface area contributed by atoms with Crippen LogP contribution >= 0.6 is 0 Å². The lowest BCUT2D eigenvalue weighted by atomic mass is 9.61. The molecule has 54 heavy (non-hydrogen) atoms. The summed E-state index contributed by atoms with van der Waals surface area (Å²) in [6.07, 6.45) is -2.62. The van der Waals surface area contributed by atoms with Gasteiger partial charge in [-0.25, -0.2) is 0 Å². The number of carbonyl (C=O) groups is 2. The Bertz CT molecular complexity index is 1920. The van der Waals surface area contributed by atoms with Crippen LogP contribution in [0, 0.1) is 0 Å². The molecule has 2 amide bonds. The number of benzene rings is 4. The predicted molar refractivity (Wildman–Crippen MR) is 215 cm³/mol. The first-order chi connectivity index (χ1) is 25.5. The lowest BCUT2D eigenvalue weighted by Crippen LogP contribution is -2.64. The molecule has 0 bridgehead atoms. The van der Waals surface area contributed by atoms with E-state index in [9.17, 15) is 19.8 Å². The molecule has 4 aromatic carbocycles. The van der Waals surface area contributed by atoms with Crippen LogP contribution in [0.15, 0.2) is 84.9 Å². The van der Waals surface area contributed by atoms with Crippen LogP contribution in [0.5, 0.6) is 0 Å². The van der Waals surface area contributed by atoms with Crippen molar-refractivity contribution in [3.63, 3.8) is 0 Å². The van der Waals surface area contributed by atoms with Gasteiger partial charge in [-0.2, -0.15) is 0 Å². The standard InChI is InChI=1S/C46H54N4O4/c1-25(2)49-27(5)45(7,8)33-21-31(35(23-37(33)49)47-43(53)29-17-13-11-14-18-29)39-41(51)40(42(39)52)32-22-34-38(50(26(3)4)28(6)46(34,9)10)24-36(32)48-44(54)30-19-15-12-16-20-30/h11-28,39-42H,1-10H3,(H,47,53)(H,48,54)/q-2. The average Bonchev–Trinajstić information content (AvgIpc) is 3.45. The maximum absolute atomic E-state index is 14.8. The van der Waals surface area contributed by atoms with Crippen molar-refractivity contribution in [2.45, 2.75) is 128 Å². The van der Waals surface area contributed by atoms with E-state index >= 15 is 0 Å². The lowest BCUT2D eigenvalue weighted by Gasteiger charge is -2.62. The summed E-state index contributed by atoms with van der Waals surface area (Å²) in [5.74, 6) is -2.41. The summed E-state index contributed by atoms with van der Waals surface area (Å²) in [6.45, 7) is 21.8. The summed E-state index contributed by atoms with van der Waals surface area (Å²) in [6, 6.07) is 26.7. The largest absolute Gasteiger partial charge is 0.851 e. The minimum absolute atomic E-state index is 0.152. The highest BCUT2D eigenvalue weighted by atomic mass is 16.3. The molecule has 3 aliphatic rings. The van der Waals surface area contributed by atoms with E-state index in [1.807, 2.05) is 60.7 Å². The highest BCUT2D eigenvalue weighted by molar-refractivity contribution is 6.06. The van der Waals surface area contributed by atoms with E-state index < -0.39 is 24.0 Å². The average molecular weight is 727 g/mol. The summed E-state index contributed by atoms with van der Waals surface area (Å²) < 4.78 is 0. The van der Waals surface area contributed by atoms with Crippen molar-refractivity contribution in [3.8, 4) is 0 Å². The van der Waals surface area contributed by atoms with E-state index in [0.29, 0.717) is 33.6 Å². The molecule has 0 radical (unpaired) electrons. The molecule has 8 heteroatoms. The van der Waals surface area contributed by atoms with Crippen molar-refractivity contribution in [1.29, 1.82) is 0 Å². The predicted octanol–water partition coefficient (Wildman–Crippen LogP) is 7.32. The van der Waals surface area contributed by atoms with Gasteiger partial charge < -0.3 is 30.6 Å². The first-order valence-corrected chi connectivity index (χ1v) is 19.4. The smallest absolute Gasteiger partial charge is 0.255 e. The number of hydrogen-bond acceptors (Lipinski definition) is 6. The van der Waals surface area contributed by atoms with Crippen LogP contribution < -0.4 is 30.6 Å². The van der Waals surface area contributed by atoms with Gasteiger partial charge in [-0.15, -0.1) is 12.2 Å². The molecule has 0 saturated heterocycles. The maximum Gasteiger partial charge on any atom is 0.255 e. The monoisotopic (exact) mass is 726 g/mol. The zero-order chi connectivity index (χ0) is 39.0. The molecule has 2 atom stereocenters. The van der Waals surface area contributed by atoms with E-state index in [0.717, 1.165) is 22.5 Å². The van der Waals surface area contributed by atoms with Gasteiger partial charge in [0.1, 0.15) is 0 Å². The summed E-state index contributed by atoms with van der Waals surface area (Å²) >= 11 is 0. The molecule has 2 aliphatic heterocycles. The number of fused-ring (bicyclic) bond motifs is 2. The van der Waals surface area contributed by atoms with Gasteiger partial charge >= 0.3 is 0 Å². The minimum Gasteiger partial charge on any atom is -0.851 e. The van der Waals surface area contributed by atoms with E-state index in [1.54, 1.807) is 24.3 Å². The molecule has 1 aliphatic carbocycles. The zero-order valence-corrected chi connectivity index (χ0v) is 33.2. The highest BCUT2D eigenvalue weighted by Crippen LogP contribution is 2.56. The van der Waals surface area contributed by atoms with Gasteiger partial charge in [0.2, 0.25) is 0 Å². The number of amides is 2. The SMILES string of the molecule is CC(C)N1c2cc(NC(=O)c3ccccc3)c(C3C([O-])C(c4cc5c(cc4NC(=O)c4ccccc4)N(C(C)C)C(C)C5(C)C)C3[O-])cc2C(C)(C)C1C. The Kier molecular flexibility index (Phi) is 9.46. The van der Waals surface area contributed by atoms with E-state index in [1.165, 1.54) is 0 Å². The minimum atomic E-state index is -1.31. The van der Waals surface area contributed by atoms with Crippen LogP contribution in [-0.2, 0) is 10.8 Å². The molecule has 0 spiro atoms. The third-order valence-corrected chi connectivity index (χ3v) is 13.0. The highest BCUT2D eigenvalue weighted by Gasteiger charge is 2.48. The Morgan fingerprint density at radius 1 is 0.593 bits per heavy atom. The van der Waals surface area contributed by atoms with Gasteiger partial charge in [0, 0.05) is 68.9 Å². The van der Waals surface area contributed by atoms with Crippen molar-refractivity contribution in [3.05, 3.63) is 118 Å². The third-order valence-electron chi connectivity index (χ3n) is 13.0. The summed E-state index contributed by atoms with van der Waals surface area (Å²) in [5, 5.41) is 35.9. The first-order valence-electron chi connectivity index (χ1n) is 19.4. The zero-order valence-electron chi connectivity index (χ0n) is 33.2. The van der Waals surface area contributed by atoms with Gasteiger partial charge in [-0.3, -0.25) is 9.59 Å². The lowest BCUT2D eigenvalue weighted by molar-refractivity contribution is -0.535. The molecule has 1 saturated carbocycles. The molecule has 0 aromatic heterocycles. The summed E-state index contributed by atoms with van der Waals surface area (Å²) in [4.78, 5) is 32.0. The van der Waals surface area contributed by atoms with Crippen molar-refractivity contribution < 1.29 is 19.8 Å². The molecule has 2 N–H and O–H groups in total. The van der Waals surface area contributed by atoms with E-state index in [2.05, 4.69) is 89.7 Å². The third kappa shape index (κ3) is 5.89. The van der Waals surface area contributed by atoms with Crippen molar-refractivity contribution >= 4 is 34.6 Å². The fourth-order valence-electron chi connectivity index (χ4n) is 9.40. The van der Waals surface area contributed by atoms with Gasteiger partial charge in [0.25, 0.3) is 11.8 Å². The van der Waals surface area contributed by atoms with Crippen LogP contribution in [0.25, 0.3) is 0 Å². The van der Waals surface area contributed by atoms with Crippen molar-refractivity contribution in [2.24, 2.45) is 0 Å². The normalized spacial score (nSPS) is 25.0. The summed E-state index contributed by atoms with van der Waals surface area (Å²) in [5.41, 5.74) is 6.75. The number of anilines is 4. The Labute approximate surface area is 320 Å². The van der Waals surface area contributed by atoms with Crippen LogP contribution in [0.4, 0.5) is 22.7 Å². The molecular weight excluding hydrogens is 673 g/mol. The van der Waals surface area contributed by atoms with Crippen molar-refractivity contribution in [2.75, 3.05) is 20.4 Å². The molecule has 7 rings (SSSR count). The second-order valence-corrected chi connectivity index (χ2v) is 17.3. The van der Waals surface area contributed by atoms with Gasteiger partial charge in [-0.1, -0.05) is 76.2 Å². The van der Waals surface area contributed by atoms with Crippen LogP contribution in [0.3, 0.4) is 0 Å². The second kappa shape index (κ2) is 13.6. The number of nitrogens with one attached hydrogen (secondary N) is 2. The molecule has 4 aromatic rings. The molecule has 1 fully saturated rings. The number of carbonyl (C=O) groups excluding carboxylic acids is 2. The number of hydrogen-bond donors (Lipinski definition) is 2. The topological polar surface area (TPSA) is 111 Å². The van der Waals surface area contributed by atoms with Crippen LogP contribution in [0.2, 0.25) is 0 Å². The molecule has 284 valence electrons. The molecule has 2 heterocycles. The molecular formula is C46H54N4O4-2. The first kappa shape index (κ1) is 37.6. The Morgan fingerprint density at radius 2 is 0.926 bits per heavy atom. The van der Waals surface area contributed by atoms with Gasteiger partial charge in [0.15, 0.2) is 0 Å². The second-order valence-electron chi connectivity index (χ2n) is 17.3.